The maximum Gasteiger partial charge on any atom is 0.257 e. The van der Waals surface area contributed by atoms with E-state index in [4.69, 9.17) is 22.3 Å². The third-order valence-corrected chi connectivity index (χ3v) is 2.79. The summed E-state index contributed by atoms with van der Waals surface area (Å²) in [5, 5.41) is 0. The minimum Gasteiger partial charge on any atom is -0.207 e. The molecule has 0 amide bonds. The first kappa shape index (κ1) is 11.8. The fraction of sp³-hybridized carbons (Fsp3) is 0.143. The van der Waals surface area contributed by atoms with Gasteiger partial charge in [0.05, 0.1) is 4.91 Å². The molecule has 0 bridgehead atoms. The summed E-state index contributed by atoms with van der Waals surface area (Å²) in [5.41, 5.74) is 1.31. The predicted octanol–water partition coefficient (Wildman–Crippen LogP) is 2.77. The van der Waals surface area contributed by atoms with Gasteiger partial charge in [-0.2, -0.15) is 0 Å². The Kier molecular flexibility index (Phi) is 5.29. The number of hydrogen-bond donors (Lipinski definition) is 0. The molecule has 0 aromatic carbocycles. The van der Waals surface area contributed by atoms with E-state index in [0.717, 1.165) is 0 Å². The van der Waals surface area contributed by atoms with E-state index in [1.807, 2.05) is 0 Å². The van der Waals surface area contributed by atoms with Crippen LogP contribution >= 0.6 is 22.3 Å². The Hall–Kier alpha value is -0.250. The second kappa shape index (κ2) is 5.41. The molecule has 0 saturated heterocycles. The van der Waals surface area contributed by atoms with Crippen LogP contribution in [0.15, 0.2) is 34.7 Å². The first-order valence-corrected chi connectivity index (χ1v) is 5.78. The molecule has 0 saturated carbocycles. The normalized spacial score (nSPS) is 14.8. The standard InChI is InChI=1S/C7H8Cl2O2S/c1-7(12(9,10)11)5-3-2-4-6-8/h2-6H,1H3. The summed E-state index contributed by atoms with van der Waals surface area (Å²) in [4.78, 5) is 0.100. The fourth-order valence-electron chi connectivity index (χ4n) is 0.378. The number of halogens is 2. The average molecular weight is 227 g/mol. The van der Waals surface area contributed by atoms with Crippen molar-refractivity contribution >= 4 is 31.3 Å². The first-order chi connectivity index (χ1) is 5.48. The van der Waals surface area contributed by atoms with E-state index in [1.54, 1.807) is 12.2 Å². The van der Waals surface area contributed by atoms with Crippen molar-refractivity contribution in [2.45, 2.75) is 6.92 Å². The van der Waals surface area contributed by atoms with Crippen LogP contribution in [0.2, 0.25) is 0 Å². The highest BCUT2D eigenvalue weighted by Crippen LogP contribution is 2.10. The van der Waals surface area contributed by atoms with Gasteiger partial charge in [-0.1, -0.05) is 29.8 Å². The Morgan fingerprint density at radius 3 is 2.25 bits per heavy atom. The van der Waals surface area contributed by atoms with E-state index in [2.05, 4.69) is 0 Å². The van der Waals surface area contributed by atoms with Crippen LogP contribution in [0.1, 0.15) is 6.92 Å². The molecular formula is C7H8Cl2O2S. The molecular weight excluding hydrogens is 219 g/mol. The zero-order chi connectivity index (χ0) is 9.61. The third kappa shape index (κ3) is 5.41. The van der Waals surface area contributed by atoms with Crippen molar-refractivity contribution in [2.24, 2.45) is 0 Å². The lowest BCUT2D eigenvalue weighted by atomic mass is 10.4. The molecule has 0 aliphatic heterocycles. The first-order valence-electron chi connectivity index (χ1n) is 3.03. The van der Waals surface area contributed by atoms with Crippen molar-refractivity contribution in [3.8, 4) is 0 Å². The Morgan fingerprint density at radius 1 is 1.25 bits per heavy atom. The Balaban J connectivity index is 4.40. The maximum atomic E-state index is 10.6. The predicted molar refractivity (Wildman–Crippen MR) is 52.7 cm³/mol. The Labute approximate surface area is 81.6 Å². The zero-order valence-corrected chi connectivity index (χ0v) is 8.70. The van der Waals surface area contributed by atoms with Gasteiger partial charge >= 0.3 is 0 Å². The minimum atomic E-state index is -3.57. The van der Waals surface area contributed by atoms with E-state index in [-0.39, 0.29) is 4.91 Å². The molecule has 0 aliphatic rings. The van der Waals surface area contributed by atoms with Crippen molar-refractivity contribution in [2.75, 3.05) is 0 Å². The number of allylic oxidation sites excluding steroid dienone is 5. The highest BCUT2D eigenvalue weighted by atomic mass is 35.7. The van der Waals surface area contributed by atoms with Gasteiger partial charge in [0.1, 0.15) is 0 Å². The van der Waals surface area contributed by atoms with E-state index >= 15 is 0 Å². The van der Waals surface area contributed by atoms with E-state index in [9.17, 15) is 8.42 Å². The SMILES string of the molecule is CC(=CC=CC=CCl)S(=O)(=O)Cl. The molecule has 0 rings (SSSR count). The molecule has 68 valence electrons. The molecule has 2 nitrogen and oxygen atoms in total. The summed E-state index contributed by atoms with van der Waals surface area (Å²) in [6.45, 7) is 1.41. The number of rotatable bonds is 3. The zero-order valence-electron chi connectivity index (χ0n) is 6.37. The molecule has 0 radical (unpaired) electrons. The third-order valence-electron chi connectivity index (χ3n) is 1.01. The molecule has 0 spiro atoms. The summed E-state index contributed by atoms with van der Waals surface area (Å²) in [6.07, 6.45) is 6.08. The monoisotopic (exact) mass is 226 g/mol. The molecule has 0 fully saturated rings. The minimum absolute atomic E-state index is 0.100. The lowest BCUT2D eigenvalue weighted by Crippen LogP contribution is -1.88. The second-order valence-electron chi connectivity index (χ2n) is 1.92. The van der Waals surface area contributed by atoms with Gasteiger partial charge in [-0.15, -0.1) is 0 Å². The summed E-state index contributed by atoms with van der Waals surface area (Å²) >= 11 is 5.21. The molecule has 0 N–H and O–H groups in total. The van der Waals surface area contributed by atoms with Gasteiger partial charge in [-0.05, 0) is 13.0 Å². The molecule has 0 unspecified atom stereocenters. The summed E-state index contributed by atoms with van der Waals surface area (Å²) < 4.78 is 21.2. The van der Waals surface area contributed by atoms with Crippen molar-refractivity contribution in [3.05, 3.63) is 34.7 Å². The van der Waals surface area contributed by atoms with Crippen LogP contribution in [0.25, 0.3) is 0 Å². The van der Waals surface area contributed by atoms with Gasteiger partial charge in [0.15, 0.2) is 0 Å². The van der Waals surface area contributed by atoms with Crippen molar-refractivity contribution in [3.63, 3.8) is 0 Å². The van der Waals surface area contributed by atoms with Crippen LogP contribution in [-0.4, -0.2) is 8.42 Å². The maximum absolute atomic E-state index is 10.6. The molecule has 0 aliphatic carbocycles. The second-order valence-corrected chi connectivity index (χ2v) is 4.91. The lowest BCUT2D eigenvalue weighted by molar-refractivity contribution is 0.615. The fourth-order valence-corrected chi connectivity index (χ4v) is 0.858. The van der Waals surface area contributed by atoms with E-state index in [0.29, 0.717) is 0 Å². The topological polar surface area (TPSA) is 34.1 Å². The Bertz CT molecular complexity index is 312. The molecule has 12 heavy (non-hydrogen) atoms. The molecule has 0 aromatic rings. The molecule has 0 atom stereocenters. The van der Waals surface area contributed by atoms with Crippen molar-refractivity contribution in [1.29, 1.82) is 0 Å². The van der Waals surface area contributed by atoms with Crippen LogP contribution in [0.4, 0.5) is 0 Å². The molecule has 0 aromatic heterocycles. The van der Waals surface area contributed by atoms with Crippen LogP contribution in [0.5, 0.6) is 0 Å². The summed E-state index contributed by atoms with van der Waals surface area (Å²) in [5.74, 6) is 0. The number of hydrogen-bond acceptors (Lipinski definition) is 2. The molecule has 0 heterocycles. The van der Waals surface area contributed by atoms with Crippen molar-refractivity contribution in [1.82, 2.24) is 0 Å². The van der Waals surface area contributed by atoms with Crippen LogP contribution in [0.3, 0.4) is 0 Å². The Morgan fingerprint density at radius 2 is 1.83 bits per heavy atom. The van der Waals surface area contributed by atoms with Gasteiger partial charge < -0.3 is 0 Å². The summed E-state index contributed by atoms with van der Waals surface area (Å²) in [7, 11) is 1.46. The highest BCUT2D eigenvalue weighted by Gasteiger charge is 2.05. The quantitative estimate of drug-likeness (QED) is 0.548. The van der Waals surface area contributed by atoms with Crippen LogP contribution in [0, 0.1) is 0 Å². The lowest BCUT2D eigenvalue weighted by Gasteiger charge is -1.89. The van der Waals surface area contributed by atoms with Gasteiger partial charge in [0.2, 0.25) is 0 Å². The van der Waals surface area contributed by atoms with Gasteiger partial charge in [0, 0.05) is 16.2 Å². The van der Waals surface area contributed by atoms with Crippen LogP contribution < -0.4 is 0 Å². The van der Waals surface area contributed by atoms with Gasteiger partial charge in [-0.25, -0.2) is 8.42 Å². The molecule has 5 heteroatoms. The van der Waals surface area contributed by atoms with E-state index in [1.165, 1.54) is 24.6 Å². The highest BCUT2D eigenvalue weighted by molar-refractivity contribution is 8.16. The smallest absolute Gasteiger partial charge is 0.207 e. The summed E-state index contributed by atoms with van der Waals surface area (Å²) in [6, 6.07) is 0. The van der Waals surface area contributed by atoms with Crippen molar-refractivity contribution < 1.29 is 8.42 Å². The average Bonchev–Trinajstić information content (AvgIpc) is 1.96. The largest absolute Gasteiger partial charge is 0.257 e. The van der Waals surface area contributed by atoms with Gasteiger partial charge in [0.25, 0.3) is 9.05 Å². The van der Waals surface area contributed by atoms with Crippen LogP contribution in [-0.2, 0) is 9.05 Å². The van der Waals surface area contributed by atoms with Gasteiger partial charge in [-0.3, -0.25) is 0 Å². The van der Waals surface area contributed by atoms with E-state index < -0.39 is 9.05 Å².